The van der Waals surface area contributed by atoms with Crippen molar-refractivity contribution >= 4 is 5.70 Å². The summed E-state index contributed by atoms with van der Waals surface area (Å²) in [6.07, 6.45) is 3.23. The lowest BCUT2D eigenvalue weighted by Crippen LogP contribution is -1.94. The van der Waals surface area contributed by atoms with E-state index in [0.29, 0.717) is 0 Å². The van der Waals surface area contributed by atoms with E-state index < -0.39 is 0 Å². The van der Waals surface area contributed by atoms with Crippen molar-refractivity contribution in [1.29, 1.82) is 0 Å². The minimum absolute atomic E-state index is 1.14. The summed E-state index contributed by atoms with van der Waals surface area (Å²) in [6.45, 7) is 6.12. The van der Waals surface area contributed by atoms with E-state index in [1.165, 1.54) is 11.9 Å². The molecule has 0 radical (unpaired) electrons. The molecule has 0 aliphatic heterocycles. The topological polar surface area (TPSA) is 30.7 Å². The molecule has 0 aliphatic rings. The predicted molar refractivity (Wildman–Crippen MR) is 40.3 cm³/mol. The molecule has 3 heteroatoms. The van der Waals surface area contributed by atoms with Gasteiger partial charge >= 0.3 is 0 Å². The maximum atomic E-state index is 3.99. The number of rotatable bonds is 1. The third-order valence-electron chi connectivity index (χ3n) is 1.49. The van der Waals surface area contributed by atoms with Crippen LogP contribution in [0.4, 0.5) is 0 Å². The molecule has 0 atom stereocenters. The van der Waals surface area contributed by atoms with E-state index in [4.69, 9.17) is 0 Å². The molecule has 1 aromatic rings. The molecule has 0 unspecified atom stereocenters. The van der Waals surface area contributed by atoms with Crippen molar-refractivity contribution in [3.05, 3.63) is 18.2 Å². The number of hydrogen-bond acceptors (Lipinski definition) is 2. The monoisotopic (exact) mass is 137 g/mol. The first-order chi connectivity index (χ1) is 4.72. The fraction of sp³-hybridized carbons (Fsp3) is 0.429. The average Bonchev–Trinajstić information content (AvgIpc) is 2.36. The van der Waals surface area contributed by atoms with Gasteiger partial charge in [0.2, 0.25) is 0 Å². The van der Waals surface area contributed by atoms with Gasteiger partial charge in [-0.15, -0.1) is 0 Å². The molecule has 10 heavy (non-hydrogen) atoms. The van der Waals surface area contributed by atoms with E-state index in [2.05, 4.69) is 23.9 Å². The molecule has 1 rings (SSSR count). The fourth-order valence-electron chi connectivity index (χ4n) is 0.611. The van der Waals surface area contributed by atoms with E-state index in [-0.39, 0.29) is 0 Å². The maximum Gasteiger partial charge on any atom is 0.138 e. The first kappa shape index (κ1) is 6.99. The highest BCUT2D eigenvalue weighted by Crippen LogP contribution is 2.05. The van der Waals surface area contributed by atoms with E-state index in [0.717, 1.165) is 5.70 Å². The third kappa shape index (κ3) is 1.23. The molecule has 0 fully saturated rings. The Labute approximate surface area is 60.4 Å². The van der Waals surface area contributed by atoms with Gasteiger partial charge in [-0.05, 0) is 20.8 Å². The van der Waals surface area contributed by atoms with Gasteiger partial charge in [0.25, 0.3) is 0 Å². The molecule has 54 valence electrons. The minimum atomic E-state index is 1.14. The van der Waals surface area contributed by atoms with Crippen LogP contribution in [0.5, 0.6) is 0 Å². The summed E-state index contributed by atoms with van der Waals surface area (Å²) < 4.78 is 1.76. The number of allylic oxidation sites excluding steroid dienone is 2. The van der Waals surface area contributed by atoms with Crippen LogP contribution in [0.2, 0.25) is 0 Å². The zero-order valence-electron chi connectivity index (χ0n) is 6.50. The summed E-state index contributed by atoms with van der Waals surface area (Å²) >= 11 is 0. The molecule has 0 amide bonds. The van der Waals surface area contributed by atoms with E-state index in [1.807, 2.05) is 6.92 Å². The molecule has 0 bridgehead atoms. The van der Waals surface area contributed by atoms with Crippen molar-refractivity contribution in [3.8, 4) is 0 Å². The Morgan fingerprint density at radius 3 is 2.40 bits per heavy atom. The van der Waals surface area contributed by atoms with Gasteiger partial charge in [-0.1, -0.05) is 5.57 Å². The Balaban J connectivity index is 2.99. The highest BCUT2D eigenvalue weighted by atomic mass is 15.3. The molecule has 1 aromatic heterocycles. The van der Waals surface area contributed by atoms with Gasteiger partial charge in [0.15, 0.2) is 0 Å². The van der Waals surface area contributed by atoms with Gasteiger partial charge in [0, 0.05) is 5.70 Å². The van der Waals surface area contributed by atoms with Crippen LogP contribution in [-0.2, 0) is 0 Å². The first-order valence-electron chi connectivity index (χ1n) is 3.21. The molecule has 0 aromatic carbocycles. The second-order valence-corrected chi connectivity index (χ2v) is 2.43. The van der Waals surface area contributed by atoms with Gasteiger partial charge in [-0.2, -0.15) is 5.10 Å². The van der Waals surface area contributed by atoms with E-state index in [1.54, 1.807) is 11.0 Å². The molecule has 3 nitrogen and oxygen atoms in total. The van der Waals surface area contributed by atoms with Crippen LogP contribution in [0.1, 0.15) is 20.8 Å². The van der Waals surface area contributed by atoms with Crippen LogP contribution < -0.4 is 0 Å². The van der Waals surface area contributed by atoms with E-state index >= 15 is 0 Å². The van der Waals surface area contributed by atoms with Gasteiger partial charge in [0.05, 0.1) is 0 Å². The zero-order valence-corrected chi connectivity index (χ0v) is 6.50. The number of nitrogens with zero attached hydrogens (tertiary/aromatic N) is 3. The van der Waals surface area contributed by atoms with Crippen molar-refractivity contribution in [2.75, 3.05) is 0 Å². The summed E-state index contributed by atoms with van der Waals surface area (Å²) in [5, 5.41) is 3.99. The quantitative estimate of drug-likeness (QED) is 0.588. The van der Waals surface area contributed by atoms with Gasteiger partial charge in [-0.3, -0.25) is 0 Å². The van der Waals surface area contributed by atoms with Crippen LogP contribution in [0.15, 0.2) is 18.2 Å². The van der Waals surface area contributed by atoms with Gasteiger partial charge in [0.1, 0.15) is 12.7 Å². The first-order valence-corrected chi connectivity index (χ1v) is 3.21. The predicted octanol–water partition coefficient (Wildman–Crippen LogP) is 1.55. The fourth-order valence-corrected chi connectivity index (χ4v) is 0.611. The Kier molecular flexibility index (Phi) is 1.85. The highest BCUT2D eigenvalue weighted by Gasteiger charge is 1.93. The van der Waals surface area contributed by atoms with Crippen LogP contribution >= 0.6 is 0 Å². The third-order valence-corrected chi connectivity index (χ3v) is 1.49. The Morgan fingerprint density at radius 2 is 2.00 bits per heavy atom. The van der Waals surface area contributed by atoms with Crippen LogP contribution in [0, 0.1) is 0 Å². The van der Waals surface area contributed by atoms with Crippen molar-refractivity contribution in [2.45, 2.75) is 20.8 Å². The number of aromatic nitrogens is 3. The standard InChI is InChI=1S/C7H11N3/c1-6(2)7(3)10-5-8-4-9-10/h4-5H,1-3H3. The van der Waals surface area contributed by atoms with Crippen molar-refractivity contribution < 1.29 is 0 Å². The minimum Gasteiger partial charge on any atom is -0.226 e. The zero-order chi connectivity index (χ0) is 7.56. The summed E-state index contributed by atoms with van der Waals surface area (Å²) in [5.41, 5.74) is 2.39. The lowest BCUT2D eigenvalue weighted by molar-refractivity contribution is 0.884. The Bertz CT molecular complexity index is 229. The molecule has 0 spiro atoms. The van der Waals surface area contributed by atoms with Gasteiger partial charge < -0.3 is 0 Å². The summed E-state index contributed by atoms with van der Waals surface area (Å²) in [4.78, 5) is 3.84. The summed E-state index contributed by atoms with van der Waals surface area (Å²) in [6, 6.07) is 0. The maximum absolute atomic E-state index is 3.99. The van der Waals surface area contributed by atoms with Crippen molar-refractivity contribution in [2.24, 2.45) is 0 Å². The summed E-state index contributed by atoms with van der Waals surface area (Å²) in [7, 11) is 0. The van der Waals surface area contributed by atoms with Crippen LogP contribution in [0.3, 0.4) is 0 Å². The molecule has 0 N–H and O–H groups in total. The van der Waals surface area contributed by atoms with Gasteiger partial charge in [-0.25, -0.2) is 9.67 Å². The molecule has 0 saturated heterocycles. The smallest absolute Gasteiger partial charge is 0.138 e. The van der Waals surface area contributed by atoms with Crippen molar-refractivity contribution in [3.63, 3.8) is 0 Å². The largest absolute Gasteiger partial charge is 0.226 e. The van der Waals surface area contributed by atoms with Crippen LogP contribution in [0.25, 0.3) is 5.70 Å². The Hall–Kier alpha value is -1.12. The second-order valence-electron chi connectivity index (χ2n) is 2.43. The second kappa shape index (κ2) is 2.64. The Morgan fingerprint density at radius 1 is 1.30 bits per heavy atom. The lowest BCUT2D eigenvalue weighted by atomic mass is 10.3. The molecule has 0 aliphatic carbocycles. The highest BCUT2D eigenvalue weighted by molar-refractivity contribution is 5.44. The molecule has 1 heterocycles. The normalized spacial score (nSPS) is 9.50. The van der Waals surface area contributed by atoms with Crippen molar-refractivity contribution in [1.82, 2.24) is 14.8 Å². The molecular formula is C7H11N3. The lowest BCUT2D eigenvalue weighted by Gasteiger charge is -2.00. The van der Waals surface area contributed by atoms with Crippen LogP contribution in [-0.4, -0.2) is 14.8 Å². The SMILES string of the molecule is CC(C)=C(C)n1cncn1. The van der Waals surface area contributed by atoms with E-state index in [9.17, 15) is 0 Å². The molecule has 0 saturated carbocycles. The average molecular weight is 137 g/mol. The summed E-state index contributed by atoms with van der Waals surface area (Å²) in [5.74, 6) is 0. The molecular weight excluding hydrogens is 126 g/mol. The number of hydrogen-bond donors (Lipinski definition) is 0.